The number of hydrogen-bond acceptors (Lipinski definition) is 5. The summed E-state index contributed by atoms with van der Waals surface area (Å²) in [5.74, 6) is 2.33. The highest BCUT2D eigenvalue weighted by molar-refractivity contribution is 5.90. The molecule has 0 bridgehead atoms. The summed E-state index contributed by atoms with van der Waals surface area (Å²) in [7, 11) is 4.59. The third-order valence-electron chi connectivity index (χ3n) is 4.53. The summed E-state index contributed by atoms with van der Waals surface area (Å²) >= 11 is 0. The molecule has 8 nitrogen and oxygen atoms in total. The lowest BCUT2D eigenvalue weighted by molar-refractivity contribution is 0.252. The number of nitrogens with zero attached hydrogens (tertiary/aromatic N) is 2. The topological polar surface area (TPSA) is 86.6 Å². The van der Waals surface area contributed by atoms with E-state index in [1.807, 2.05) is 36.5 Å². The first-order valence-electron chi connectivity index (χ1n) is 9.57. The molecule has 0 aliphatic heterocycles. The number of urea groups is 1. The largest absolute Gasteiger partial charge is 0.493 e. The molecular formula is C22H26N4O4. The maximum absolute atomic E-state index is 12.3. The number of aromatic nitrogens is 2. The molecule has 2 N–H and O–H groups in total. The molecule has 0 atom stereocenters. The SMILES string of the molecule is COc1cc(NC(=O)NCCCn2ccnc2-c2ccccc2)cc(OC)c1OC. The summed E-state index contributed by atoms with van der Waals surface area (Å²) in [6.45, 7) is 1.26. The minimum absolute atomic E-state index is 0.307. The second kappa shape index (κ2) is 10.2. The smallest absolute Gasteiger partial charge is 0.319 e. The Balaban J connectivity index is 1.52. The number of carbonyl (C=O) groups excluding carboxylic acids is 1. The van der Waals surface area contributed by atoms with Gasteiger partial charge in [0.05, 0.1) is 27.0 Å². The molecule has 2 aromatic carbocycles. The summed E-state index contributed by atoms with van der Waals surface area (Å²) < 4.78 is 18.0. The highest BCUT2D eigenvalue weighted by atomic mass is 16.5. The summed E-state index contributed by atoms with van der Waals surface area (Å²) in [5, 5.41) is 5.65. The van der Waals surface area contributed by atoms with Crippen molar-refractivity contribution in [1.29, 1.82) is 0 Å². The molecule has 8 heteroatoms. The number of methoxy groups -OCH3 is 3. The van der Waals surface area contributed by atoms with Gasteiger partial charge in [0, 0.05) is 43.2 Å². The second-order valence-electron chi connectivity index (χ2n) is 6.46. The summed E-state index contributed by atoms with van der Waals surface area (Å²) in [6.07, 6.45) is 4.49. The number of carbonyl (C=O) groups is 1. The van der Waals surface area contributed by atoms with Crippen molar-refractivity contribution < 1.29 is 19.0 Å². The molecule has 0 aliphatic rings. The van der Waals surface area contributed by atoms with E-state index in [2.05, 4.69) is 20.2 Å². The summed E-state index contributed by atoms with van der Waals surface area (Å²) in [4.78, 5) is 16.7. The van der Waals surface area contributed by atoms with Crippen LogP contribution in [0.4, 0.5) is 10.5 Å². The number of aryl methyl sites for hydroxylation is 1. The molecule has 0 saturated carbocycles. The number of nitrogens with one attached hydrogen (secondary N) is 2. The number of anilines is 1. The normalized spacial score (nSPS) is 10.4. The molecule has 0 spiro atoms. The minimum atomic E-state index is -0.307. The Bertz CT molecular complexity index is 947. The van der Waals surface area contributed by atoms with Gasteiger partial charge in [-0.25, -0.2) is 9.78 Å². The van der Waals surface area contributed by atoms with E-state index < -0.39 is 0 Å². The van der Waals surface area contributed by atoms with Gasteiger partial charge < -0.3 is 29.4 Å². The maximum Gasteiger partial charge on any atom is 0.319 e. The van der Waals surface area contributed by atoms with Crippen molar-refractivity contribution in [2.45, 2.75) is 13.0 Å². The fourth-order valence-corrected chi connectivity index (χ4v) is 3.12. The van der Waals surface area contributed by atoms with Crippen LogP contribution in [-0.4, -0.2) is 43.5 Å². The molecule has 1 heterocycles. The monoisotopic (exact) mass is 410 g/mol. The van der Waals surface area contributed by atoms with Crippen LogP contribution in [0.3, 0.4) is 0 Å². The van der Waals surface area contributed by atoms with Gasteiger partial charge in [-0.2, -0.15) is 0 Å². The molecule has 2 amide bonds. The Labute approximate surface area is 175 Å². The Morgan fingerprint density at radius 1 is 1.03 bits per heavy atom. The minimum Gasteiger partial charge on any atom is -0.493 e. The summed E-state index contributed by atoms with van der Waals surface area (Å²) in [5.41, 5.74) is 1.61. The van der Waals surface area contributed by atoms with Crippen LogP contribution < -0.4 is 24.8 Å². The fraction of sp³-hybridized carbons (Fsp3) is 0.273. The van der Waals surface area contributed by atoms with Crippen LogP contribution in [0.1, 0.15) is 6.42 Å². The predicted molar refractivity (Wildman–Crippen MR) is 115 cm³/mol. The van der Waals surface area contributed by atoms with Crippen LogP contribution >= 0.6 is 0 Å². The van der Waals surface area contributed by atoms with Gasteiger partial charge in [0.1, 0.15) is 5.82 Å². The zero-order valence-corrected chi connectivity index (χ0v) is 17.3. The van der Waals surface area contributed by atoms with Gasteiger partial charge >= 0.3 is 6.03 Å². The third-order valence-corrected chi connectivity index (χ3v) is 4.53. The molecule has 0 unspecified atom stereocenters. The molecule has 30 heavy (non-hydrogen) atoms. The van der Waals surface area contributed by atoms with Gasteiger partial charge in [0.2, 0.25) is 5.75 Å². The Hall–Kier alpha value is -3.68. The van der Waals surface area contributed by atoms with Crippen LogP contribution in [-0.2, 0) is 6.54 Å². The third kappa shape index (κ3) is 5.02. The average molecular weight is 410 g/mol. The van der Waals surface area contributed by atoms with Crippen LogP contribution in [0.2, 0.25) is 0 Å². The van der Waals surface area contributed by atoms with Gasteiger partial charge in [0.25, 0.3) is 0 Å². The van der Waals surface area contributed by atoms with E-state index in [0.29, 0.717) is 29.5 Å². The van der Waals surface area contributed by atoms with E-state index in [0.717, 1.165) is 24.4 Å². The van der Waals surface area contributed by atoms with Crippen LogP contribution in [0.15, 0.2) is 54.9 Å². The molecule has 3 aromatic rings. The van der Waals surface area contributed by atoms with E-state index in [-0.39, 0.29) is 6.03 Å². The van der Waals surface area contributed by atoms with Gasteiger partial charge in [-0.15, -0.1) is 0 Å². The predicted octanol–water partition coefficient (Wildman–Crippen LogP) is 3.79. The first-order chi connectivity index (χ1) is 14.7. The van der Waals surface area contributed by atoms with Gasteiger partial charge in [0.15, 0.2) is 11.5 Å². The van der Waals surface area contributed by atoms with E-state index in [1.165, 1.54) is 21.3 Å². The quantitative estimate of drug-likeness (QED) is 0.524. The highest BCUT2D eigenvalue weighted by Crippen LogP contribution is 2.39. The Morgan fingerprint density at radius 2 is 1.73 bits per heavy atom. The van der Waals surface area contributed by atoms with Gasteiger partial charge in [-0.3, -0.25) is 0 Å². The molecule has 0 saturated heterocycles. The maximum atomic E-state index is 12.3. The van der Waals surface area contributed by atoms with E-state index in [4.69, 9.17) is 14.2 Å². The Kier molecular flexibility index (Phi) is 7.15. The zero-order chi connectivity index (χ0) is 21.3. The van der Waals surface area contributed by atoms with Crippen molar-refractivity contribution in [3.8, 4) is 28.6 Å². The fourth-order valence-electron chi connectivity index (χ4n) is 3.12. The van der Waals surface area contributed by atoms with Crippen LogP contribution in [0, 0.1) is 0 Å². The number of benzene rings is 2. The number of rotatable bonds is 9. The molecule has 1 aromatic heterocycles. The van der Waals surface area contributed by atoms with Crippen molar-refractivity contribution >= 4 is 11.7 Å². The molecule has 3 rings (SSSR count). The lowest BCUT2D eigenvalue weighted by atomic mass is 10.2. The van der Waals surface area contributed by atoms with E-state index >= 15 is 0 Å². The van der Waals surface area contributed by atoms with Crippen molar-refractivity contribution in [3.05, 3.63) is 54.9 Å². The van der Waals surface area contributed by atoms with Crippen LogP contribution in [0.25, 0.3) is 11.4 Å². The standard InChI is InChI=1S/C22H26N4O4/c1-28-18-14-17(15-19(29-2)20(18)30-3)25-22(27)24-10-7-12-26-13-11-23-21(26)16-8-5-4-6-9-16/h4-6,8-9,11,13-15H,7,10,12H2,1-3H3,(H2,24,25,27). The molecule has 0 radical (unpaired) electrons. The highest BCUT2D eigenvalue weighted by Gasteiger charge is 2.14. The Morgan fingerprint density at radius 3 is 2.37 bits per heavy atom. The molecule has 158 valence electrons. The summed E-state index contributed by atoms with van der Waals surface area (Å²) in [6, 6.07) is 13.1. The number of ether oxygens (including phenoxy) is 3. The first-order valence-corrected chi connectivity index (χ1v) is 9.57. The molecule has 0 aliphatic carbocycles. The van der Waals surface area contributed by atoms with Crippen molar-refractivity contribution in [2.75, 3.05) is 33.2 Å². The van der Waals surface area contributed by atoms with Crippen molar-refractivity contribution in [2.24, 2.45) is 0 Å². The van der Waals surface area contributed by atoms with Gasteiger partial charge in [-0.05, 0) is 6.42 Å². The zero-order valence-electron chi connectivity index (χ0n) is 17.3. The van der Waals surface area contributed by atoms with E-state index in [1.54, 1.807) is 18.3 Å². The van der Waals surface area contributed by atoms with Crippen LogP contribution in [0.5, 0.6) is 17.2 Å². The average Bonchev–Trinajstić information content (AvgIpc) is 3.25. The van der Waals surface area contributed by atoms with Gasteiger partial charge in [-0.1, -0.05) is 30.3 Å². The lowest BCUT2D eigenvalue weighted by Gasteiger charge is -2.15. The van der Waals surface area contributed by atoms with E-state index in [9.17, 15) is 4.79 Å². The number of amides is 2. The number of hydrogen-bond donors (Lipinski definition) is 2. The number of imidazole rings is 1. The molecule has 0 fully saturated rings. The van der Waals surface area contributed by atoms with Crippen molar-refractivity contribution in [1.82, 2.24) is 14.9 Å². The second-order valence-corrected chi connectivity index (χ2v) is 6.46. The lowest BCUT2D eigenvalue weighted by Crippen LogP contribution is -2.30. The molecular weight excluding hydrogens is 384 g/mol. The van der Waals surface area contributed by atoms with Crippen molar-refractivity contribution in [3.63, 3.8) is 0 Å². The first kappa shape index (κ1) is 21.0.